The molecule has 0 spiro atoms. The lowest BCUT2D eigenvalue weighted by molar-refractivity contribution is -0.0263. The van der Waals surface area contributed by atoms with Gasteiger partial charge in [-0.1, -0.05) is 11.6 Å². The molecule has 4 saturated carbocycles. The molecule has 19 heavy (non-hydrogen) atoms. The molecule has 106 valence electrons. The van der Waals surface area contributed by atoms with Crippen molar-refractivity contribution in [3.63, 3.8) is 0 Å². The first-order valence-electron chi connectivity index (χ1n) is 7.42. The average Bonchev–Trinajstić information content (AvgIpc) is 2.45. The number of hydrogen-bond donors (Lipinski definition) is 0. The van der Waals surface area contributed by atoms with Gasteiger partial charge in [-0.3, -0.25) is 4.18 Å². The van der Waals surface area contributed by atoms with E-state index in [9.17, 15) is 4.21 Å². The van der Waals surface area contributed by atoms with Crippen LogP contribution in [-0.2, 0) is 15.3 Å². The monoisotopic (exact) mass is 300 g/mol. The van der Waals surface area contributed by atoms with Crippen LogP contribution in [0.15, 0.2) is 9.94 Å². The van der Waals surface area contributed by atoms with Crippen LogP contribution in [0.25, 0.3) is 0 Å². The minimum atomic E-state index is -1.32. The molecule has 4 fully saturated rings. The molecular formula is C15H21ClO2S. The van der Waals surface area contributed by atoms with Crippen molar-refractivity contribution in [1.82, 2.24) is 0 Å². The fraction of sp³-hybridized carbons (Fsp3) is 0.867. The molecule has 2 nitrogen and oxygen atoms in total. The first kappa shape index (κ1) is 12.8. The first-order valence-corrected chi connectivity index (χ1v) is 8.87. The summed E-state index contributed by atoms with van der Waals surface area (Å²) in [5.41, 5.74) is -0.463. The molecule has 1 unspecified atom stereocenters. The van der Waals surface area contributed by atoms with E-state index in [1.54, 1.807) is 0 Å². The summed E-state index contributed by atoms with van der Waals surface area (Å²) >= 11 is 5.24. The van der Waals surface area contributed by atoms with E-state index < -0.39 is 16.7 Å². The lowest BCUT2D eigenvalue weighted by atomic mass is 9.49. The van der Waals surface area contributed by atoms with E-state index in [0.717, 1.165) is 27.7 Å². The second kappa shape index (κ2) is 3.86. The summed E-state index contributed by atoms with van der Waals surface area (Å²) in [6.45, 7) is 3.86. The molecule has 4 heteroatoms. The number of hydrogen-bond acceptors (Lipinski definition) is 2. The van der Waals surface area contributed by atoms with Gasteiger partial charge >= 0.3 is 0 Å². The molecule has 1 aliphatic heterocycles. The average molecular weight is 301 g/mol. The van der Waals surface area contributed by atoms with Crippen LogP contribution in [0.2, 0.25) is 0 Å². The summed E-state index contributed by atoms with van der Waals surface area (Å²) in [7, 11) is 0. The Balaban J connectivity index is 1.80. The molecule has 0 N–H and O–H groups in total. The number of halogens is 1. The number of rotatable bonds is 1. The van der Waals surface area contributed by atoms with Crippen LogP contribution in [0.5, 0.6) is 0 Å². The Morgan fingerprint density at radius 3 is 1.95 bits per heavy atom. The van der Waals surface area contributed by atoms with Gasteiger partial charge in [0.25, 0.3) is 0 Å². The van der Waals surface area contributed by atoms with Crippen LogP contribution in [0.3, 0.4) is 0 Å². The molecule has 0 aromatic rings. The molecule has 0 amide bonds. The van der Waals surface area contributed by atoms with E-state index in [-0.39, 0.29) is 5.41 Å². The van der Waals surface area contributed by atoms with Gasteiger partial charge in [-0.2, -0.15) is 0 Å². The fourth-order valence-electron chi connectivity index (χ4n) is 5.41. The predicted molar refractivity (Wildman–Crippen MR) is 76.8 cm³/mol. The molecule has 1 heterocycles. The van der Waals surface area contributed by atoms with Gasteiger partial charge in [-0.05, 0) is 70.1 Å². The quantitative estimate of drug-likeness (QED) is 0.728. The van der Waals surface area contributed by atoms with Crippen LogP contribution in [-0.4, -0.2) is 9.81 Å². The molecule has 5 rings (SSSR count). The van der Waals surface area contributed by atoms with Gasteiger partial charge in [0, 0.05) is 5.41 Å². The van der Waals surface area contributed by atoms with Crippen molar-refractivity contribution in [1.29, 1.82) is 0 Å². The molecule has 0 aromatic heterocycles. The molecule has 5 aliphatic rings. The normalized spacial score (nSPS) is 51.1. The first-order chi connectivity index (χ1) is 8.90. The maximum absolute atomic E-state index is 12.5. The summed E-state index contributed by atoms with van der Waals surface area (Å²) in [4.78, 5) is 0.957. The molecular weight excluding hydrogens is 280 g/mol. The van der Waals surface area contributed by atoms with Crippen LogP contribution >= 0.6 is 11.6 Å². The Labute approximate surface area is 122 Å². The Hall–Kier alpha value is 0.140. The minimum Gasteiger partial charge on any atom is -0.275 e. The van der Waals surface area contributed by atoms with Crippen molar-refractivity contribution in [3.8, 4) is 0 Å². The molecule has 4 aliphatic carbocycles. The third-order valence-electron chi connectivity index (χ3n) is 5.70. The Kier molecular flexibility index (Phi) is 2.61. The van der Waals surface area contributed by atoms with Gasteiger partial charge in [0.05, 0.1) is 9.94 Å². The van der Waals surface area contributed by atoms with Crippen molar-refractivity contribution in [3.05, 3.63) is 9.94 Å². The summed E-state index contributed by atoms with van der Waals surface area (Å²) < 4.78 is 18.1. The van der Waals surface area contributed by atoms with E-state index in [2.05, 4.69) is 0 Å². The van der Waals surface area contributed by atoms with Crippen LogP contribution < -0.4 is 0 Å². The maximum Gasteiger partial charge on any atom is 0.187 e. The van der Waals surface area contributed by atoms with Crippen molar-refractivity contribution in [2.24, 2.45) is 23.2 Å². The summed E-state index contributed by atoms with van der Waals surface area (Å²) in [6.07, 6.45) is 7.74. The van der Waals surface area contributed by atoms with Gasteiger partial charge in [0.1, 0.15) is 5.60 Å². The van der Waals surface area contributed by atoms with E-state index in [0.29, 0.717) is 0 Å². The van der Waals surface area contributed by atoms with E-state index >= 15 is 0 Å². The Morgan fingerprint density at radius 1 is 1.11 bits per heavy atom. The fourth-order valence-corrected chi connectivity index (χ4v) is 7.43. The highest BCUT2D eigenvalue weighted by molar-refractivity contribution is 7.84. The van der Waals surface area contributed by atoms with Gasteiger partial charge in [-0.25, -0.2) is 4.21 Å². The van der Waals surface area contributed by atoms with Crippen molar-refractivity contribution >= 4 is 22.7 Å². The number of allylic oxidation sites excluding steroid dienone is 1. The third-order valence-corrected chi connectivity index (χ3v) is 7.99. The van der Waals surface area contributed by atoms with Gasteiger partial charge < -0.3 is 0 Å². The van der Waals surface area contributed by atoms with Crippen LogP contribution in [0.1, 0.15) is 52.4 Å². The van der Waals surface area contributed by atoms with Crippen LogP contribution in [0, 0.1) is 23.2 Å². The zero-order chi connectivity index (χ0) is 13.4. The smallest absolute Gasteiger partial charge is 0.187 e. The highest BCUT2D eigenvalue weighted by atomic mass is 35.5. The zero-order valence-electron chi connectivity index (χ0n) is 11.6. The molecule has 4 bridgehead atoms. The second-order valence-electron chi connectivity index (χ2n) is 7.67. The van der Waals surface area contributed by atoms with Crippen molar-refractivity contribution in [2.45, 2.75) is 58.0 Å². The van der Waals surface area contributed by atoms with Crippen LogP contribution in [0.4, 0.5) is 0 Å². The lowest BCUT2D eigenvalue weighted by Gasteiger charge is -2.56. The van der Waals surface area contributed by atoms with E-state index in [1.807, 2.05) is 13.8 Å². The maximum atomic E-state index is 12.5. The standard InChI is InChI=1S/C15H21ClO2S/c1-14(2)12(16)13(19(17)18-14)15-6-9-3-10(7-15)5-11(4-9)8-15/h9-11H,3-8H2,1-2H3. The summed E-state index contributed by atoms with van der Waals surface area (Å²) in [5.74, 6) is 2.51. The topological polar surface area (TPSA) is 26.3 Å². The molecule has 0 radical (unpaired) electrons. The van der Waals surface area contributed by atoms with E-state index in [4.69, 9.17) is 15.8 Å². The highest BCUT2D eigenvalue weighted by Gasteiger charge is 2.57. The zero-order valence-corrected chi connectivity index (χ0v) is 13.1. The van der Waals surface area contributed by atoms with Crippen molar-refractivity contribution in [2.75, 3.05) is 0 Å². The SMILES string of the molecule is CC1(C)OS(=O)C(C23CC4CC(CC(C4)C2)C3)=C1Cl. The lowest BCUT2D eigenvalue weighted by Crippen LogP contribution is -2.47. The molecule has 1 atom stereocenters. The van der Waals surface area contributed by atoms with E-state index in [1.165, 1.54) is 38.5 Å². The van der Waals surface area contributed by atoms with Crippen molar-refractivity contribution < 1.29 is 8.39 Å². The Morgan fingerprint density at radius 2 is 1.58 bits per heavy atom. The van der Waals surface area contributed by atoms with Gasteiger partial charge in [-0.15, -0.1) is 0 Å². The highest BCUT2D eigenvalue weighted by Crippen LogP contribution is 2.65. The molecule has 0 aromatic carbocycles. The summed E-state index contributed by atoms with van der Waals surface area (Å²) in [6, 6.07) is 0. The Bertz CT molecular complexity index is 459. The molecule has 0 saturated heterocycles. The predicted octanol–water partition coefficient (Wildman–Crippen LogP) is 4.13. The van der Waals surface area contributed by atoms with Gasteiger partial charge in [0.15, 0.2) is 11.1 Å². The minimum absolute atomic E-state index is 0.102. The third kappa shape index (κ3) is 1.74. The van der Waals surface area contributed by atoms with Gasteiger partial charge in [0.2, 0.25) is 0 Å². The second-order valence-corrected chi connectivity index (χ2v) is 9.09. The summed E-state index contributed by atoms with van der Waals surface area (Å²) in [5, 5.41) is 0.729. The largest absolute Gasteiger partial charge is 0.275 e.